The summed E-state index contributed by atoms with van der Waals surface area (Å²) in [6, 6.07) is 2.23. The van der Waals surface area contributed by atoms with E-state index in [0.717, 1.165) is 25.7 Å². The number of hydrogen-bond acceptors (Lipinski definition) is 3. The molecule has 0 heterocycles. The lowest BCUT2D eigenvalue weighted by Gasteiger charge is -2.30. The molecule has 0 spiro atoms. The van der Waals surface area contributed by atoms with Gasteiger partial charge in [0.2, 0.25) is 5.91 Å². The van der Waals surface area contributed by atoms with Gasteiger partial charge in [0.05, 0.1) is 12.5 Å². The lowest BCUT2D eigenvalue weighted by atomic mass is 9.94. The van der Waals surface area contributed by atoms with Crippen LogP contribution in [-0.2, 0) is 4.79 Å². The second kappa shape index (κ2) is 6.02. The summed E-state index contributed by atoms with van der Waals surface area (Å²) >= 11 is 0. The summed E-state index contributed by atoms with van der Waals surface area (Å²) in [4.78, 5) is 14.0. The maximum absolute atomic E-state index is 12.2. The molecule has 0 radical (unpaired) electrons. The SMILES string of the molecule is CC(C)N(CCC#N)C(=O)CC1(N)CCCC1. The Kier molecular flexibility index (Phi) is 4.95. The van der Waals surface area contributed by atoms with Crippen molar-refractivity contribution in [3.63, 3.8) is 0 Å². The molecule has 0 saturated heterocycles. The monoisotopic (exact) mass is 237 g/mol. The fraction of sp³-hybridized carbons (Fsp3) is 0.846. The second-order valence-corrected chi connectivity index (χ2v) is 5.34. The number of amides is 1. The van der Waals surface area contributed by atoms with Crippen molar-refractivity contribution >= 4 is 5.91 Å². The molecule has 1 saturated carbocycles. The van der Waals surface area contributed by atoms with E-state index < -0.39 is 0 Å². The van der Waals surface area contributed by atoms with E-state index >= 15 is 0 Å². The maximum Gasteiger partial charge on any atom is 0.224 e. The summed E-state index contributed by atoms with van der Waals surface area (Å²) in [5.41, 5.74) is 5.92. The molecule has 0 unspecified atom stereocenters. The molecular weight excluding hydrogens is 214 g/mol. The summed E-state index contributed by atoms with van der Waals surface area (Å²) < 4.78 is 0. The Morgan fingerprint density at radius 2 is 2.06 bits per heavy atom. The van der Waals surface area contributed by atoms with Crippen LogP contribution in [0.4, 0.5) is 0 Å². The first-order chi connectivity index (χ1) is 7.98. The lowest BCUT2D eigenvalue weighted by molar-refractivity contribution is -0.134. The first-order valence-corrected chi connectivity index (χ1v) is 6.44. The van der Waals surface area contributed by atoms with Gasteiger partial charge in [0, 0.05) is 24.5 Å². The van der Waals surface area contributed by atoms with Crippen molar-refractivity contribution in [3.05, 3.63) is 0 Å². The van der Waals surface area contributed by atoms with Gasteiger partial charge in [0.15, 0.2) is 0 Å². The predicted molar refractivity (Wildman–Crippen MR) is 67.1 cm³/mol. The number of nitriles is 1. The molecule has 1 aliphatic rings. The number of hydrogen-bond donors (Lipinski definition) is 1. The summed E-state index contributed by atoms with van der Waals surface area (Å²) in [5, 5.41) is 8.60. The number of carbonyl (C=O) groups excluding carboxylic acids is 1. The molecule has 4 nitrogen and oxygen atoms in total. The second-order valence-electron chi connectivity index (χ2n) is 5.34. The highest BCUT2D eigenvalue weighted by molar-refractivity contribution is 5.77. The molecule has 0 aromatic heterocycles. The van der Waals surface area contributed by atoms with Gasteiger partial charge in [-0.2, -0.15) is 5.26 Å². The van der Waals surface area contributed by atoms with Crippen molar-refractivity contribution in [2.75, 3.05) is 6.54 Å². The smallest absolute Gasteiger partial charge is 0.224 e. The Morgan fingerprint density at radius 1 is 1.47 bits per heavy atom. The normalized spacial score (nSPS) is 18.1. The minimum absolute atomic E-state index is 0.0969. The van der Waals surface area contributed by atoms with Gasteiger partial charge in [-0.1, -0.05) is 12.8 Å². The van der Waals surface area contributed by atoms with Gasteiger partial charge in [-0.15, -0.1) is 0 Å². The third-order valence-electron chi connectivity index (χ3n) is 3.51. The molecule has 17 heavy (non-hydrogen) atoms. The lowest BCUT2D eigenvalue weighted by Crippen LogP contribution is -2.46. The third-order valence-corrected chi connectivity index (χ3v) is 3.51. The van der Waals surface area contributed by atoms with E-state index in [1.165, 1.54) is 0 Å². The van der Waals surface area contributed by atoms with Crippen molar-refractivity contribution in [1.82, 2.24) is 4.90 Å². The Hall–Kier alpha value is -1.08. The van der Waals surface area contributed by atoms with E-state index in [2.05, 4.69) is 6.07 Å². The molecule has 0 atom stereocenters. The molecule has 2 N–H and O–H groups in total. The minimum atomic E-state index is -0.295. The van der Waals surface area contributed by atoms with Gasteiger partial charge in [-0.3, -0.25) is 4.79 Å². The van der Waals surface area contributed by atoms with Gasteiger partial charge in [-0.25, -0.2) is 0 Å². The van der Waals surface area contributed by atoms with Crippen molar-refractivity contribution in [1.29, 1.82) is 5.26 Å². The molecule has 0 aliphatic heterocycles. The van der Waals surface area contributed by atoms with Crippen molar-refractivity contribution in [2.45, 2.75) is 64.0 Å². The van der Waals surface area contributed by atoms with Crippen molar-refractivity contribution < 1.29 is 4.79 Å². The van der Waals surface area contributed by atoms with E-state index in [4.69, 9.17) is 11.0 Å². The van der Waals surface area contributed by atoms with Crippen LogP contribution >= 0.6 is 0 Å². The molecule has 1 aliphatic carbocycles. The molecule has 1 amide bonds. The quantitative estimate of drug-likeness (QED) is 0.792. The van der Waals surface area contributed by atoms with Crippen LogP contribution in [0.1, 0.15) is 52.4 Å². The van der Waals surface area contributed by atoms with E-state index in [9.17, 15) is 4.79 Å². The van der Waals surface area contributed by atoms with E-state index in [-0.39, 0.29) is 17.5 Å². The van der Waals surface area contributed by atoms with Crippen LogP contribution in [-0.4, -0.2) is 28.9 Å². The maximum atomic E-state index is 12.2. The van der Waals surface area contributed by atoms with Crippen molar-refractivity contribution in [2.24, 2.45) is 5.73 Å². The van der Waals surface area contributed by atoms with Gasteiger partial charge in [0.25, 0.3) is 0 Å². The number of nitrogens with zero attached hydrogens (tertiary/aromatic N) is 2. The van der Waals surface area contributed by atoms with Gasteiger partial charge < -0.3 is 10.6 Å². The number of rotatable bonds is 5. The highest BCUT2D eigenvalue weighted by Crippen LogP contribution is 2.30. The third kappa shape index (κ3) is 4.01. The highest BCUT2D eigenvalue weighted by atomic mass is 16.2. The molecule has 0 aromatic carbocycles. The van der Waals surface area contributed by atoms with Crippen molar-refractivity contribution in [3.8, 4) is 6.07 Å². The fourth-order valence-electron chi connectivity index (χ4n) is 2.50. The summed E-state index contributed by atoms with van der Waals surface area (Å²) in [5.74, 6) is 0.0969. The zero-order chi connectivity index (χ0) is 12.9. The zero-order valence-corrected chi connectivity index (χ0v) is 10.9. The van der Waals surface area contributed by atoms with Crippen LogP contribution in [0, 0.1) is 11.3 Å². The van der Waals surface area contributed by atoms with Crippen LogP contribution in [0.15, 0.2) is 0 Å². The molecular formula is C13H23N3O. The average molecular weight is 237 g/mol. The number of nitrogens with two attached hydrogens (primary N) is 1. The molecule has 4 heteroatoms. The van der Waals surface area contributed by atoms with Crippen LogP contribution in [0.2, 0.25) is 0 Å². The fourth-order valence-corrected chi connectivity index (χ4v) is 2.50. The Balaban J connectivity index is 2.56. The van der Waals surface area contributed by atoms with Gasteiger partial charge >= 0.3 is 0 Å². The van der Waals surface area contributed by atoms with Gasteiger partial charge in [0.1, 0.15) is 0 Å². The van der Waals surface area contributed by atoms with Crippen LogP contribution in [0.3, 0.4) is 0 Å². The summed E-state index contributed by atoms with van der Waals surface area (Å²) in [7, 11) is 0. The van der Waals surface area contributed by atoms with E-state index in [0.29, 0.717) is 19.4 Å². The van der Waals surface area contributed by atoms with Gasteiger partial charge in [-0.05, 0) is 26.7 Å². The standard InChI is InChI=1S/C13H23N3O/c1-11(2)16(9-5-8-14)12(17)10-13(15)6-3-4-7-13/h11H,3-7,9-10,15H2,1-2H3. The Morgan fingerprint density at radius 3 is 2.53 bits per heavy atom. The van der Waals surface area contributed by atoms with Crippen LogP contribution in [0.5, 0.6) is 0 Å². The largest absolute Gasteiger partial charge is 0.339 e. The first-order valence-electron chi connectivity index (χ1n) is 6.44. The Bertz CT molecular complexity index is 300. The molecule has 1 fully saturated rings. The number of carbonyl (C=O) groups is 1. The van der Waals surface area contributed by atoms with Crippen LogP contribution in [0.25, 0.3) is 0 Å². The molecule has 0 aromatic rings. The van der Waals surface area contributed by atoms with E-state index in [1.807, 2.05) is 13.8 Å². The van der Waals surface area contributed by atoms with E-state index in [1.54, 1.807) is 4.90 Å². The summed E-state index contributed by atoms with van der Waals surface area (Å²) in [6.45, 7) is 4.48. The molecule has 96 valence electrons. The highest BCUT2D eigenvalue weighted by Gasteiger charge is 2.33. The first kappa shape index (κ1) is 14.0. The summed E-state index contributed by atoms with van der Waals surface area (Å²) in [6.07, 6.45) is 4.97. The molecule has 0 bridgehead atoms. The predicted octanol–water partition coefficient (Wildman–Crippen LogP) is 1.80. The topological polar surface area (TPSA) is 70.1 Å². The Labute approximate surface area is 104 Å². The molecule has 1 rings (SSSR count). The zero-order valence-electron chi connectivity index (χ0n) is 10.9. The average Bonchev–Trinajstić information content (AvgIpc) is 2.64. The minimum Gasteiger partial charge on any atom is -0.339 e. The van der Waals surface area contributed by atoms with Crippen LogP contribution < -0.4 is 5.73 Å².